The third-order valence-corrected chi connectivity index (χ3v) is 7.13. The summed E-state index contributed by atoms with van der Waals surface area (Å²) >= 11 is 6.38. The van der Waals surface area contributed by atoms with Gasteiger partial charge in [-0.2, -0.15) is 4.98 Å². The number of para-hydroxylation sites is 1. The minimum absolute atomic E-state index is 0.00440. The Morgan fingerprint density at radius 1 is 1.00 bits per heavy atom. The largest absolute Gasteiger partial charge is 0.368 e. The predicted molar refractivity (Wildman–Crippen MR) is 148 cm³/mol. The number of nitrogens with one attached hydrogen (secondary N) is 1. The van der Waals surface area contributed by atoms with E-state index in [-0.39, 0.29) is 16.4 Å². The lowest BCUT2D eigenvalue weighted by Crippen LogP contribution is -2.27. The summed E-state index contributed by atoms with van der Waals surface area (Å²) in [6.07, 6.45) is 1.48. The molecule has 38 heavy (non-hydrogen) atoms. The number of nitrogen functional groups attached to an aromatic ring is 1. The molecular formula is C26H22ClN7O3S. The van der Waals surface area contributed by atoms with Crippen LogP contribution in [0, 0.1) is 0 Å². The van der Waals surface area contributed by atoms with E-state index in [1.807, 2.05) is 25.1 Å². The second kappa shape index (κ2) is 9.86. The molecule has 2 aromatic heterocycles. The Morgan fingerprint density at radius 3 is 2.47 bits per heavy atom. The van der Waals surface area contributed by atoms with Gasteiger partial charge in [-0.1, -0.05) is 48.0 Å². The highest BCUT2D eigenvalue weighted by molar-refractivity contribution is 7.89. The highest BCUT2D eigenvalue weighted by Gasteiger charge is 2.21. The molecule has 0 fully saturated rings. The molecule has 0 bridgehead atoms. The first kappa shape index (κ1) is 25.3. The number of rotatable bonds is 6. The van der Waals surface area contributed by atoms with E-state index in [2.05, 4.69) is 15.3 Å². The van der Waals surface area contributed by atoms with Crippen molar-refractivity contribution >= 4 is 44.3 Å². The van der Waals surface area contributed by atoms with Crippen LogP contribution in [0.3, 0.4) is 0 Å². The first-order valence-electron chi connectivity index (χ1n) is 11.4. The number of nitrogens with two attached hydrogens (primary N) is 2. The molecule has 12 heteroatoms. The van der Waals surface area contributed by atoms with Crippen LogP contribution in [0.15, 0.2) is 88.7 Å². The maximum absolute atomic E-state index is 13.7. The number of sulfonamides is 1. The fourth-order valence-electron chi connectivity index (χ4n) is 4.15. The van der Waals surface area contributed by atoms with Crippen molar-refractivity contribution in [2.24, 2.45) is 5.14 Å². The molecule has 0 saturated carbocycles. The van der Waals surface area contributed by atoms with Crippen LogP contribution in [-0.4, -0.2) is 27.9 Å². The van der Waals surface area contributed by atoms with E-state index >= 15 is 0 Å². The molecule has 192 valence electrons. The lowest BCUT2D eigenvalue weighted by molar-refractivity contribution is 0.598. The quantitative estimate of drug-likeness (QED) is 0.288. The number of primary sulfonamides is 1. The van der Waals surface area contributed by atoms with Gasteiger partial charge in [0.15, 0.2) is 0 Å². The van der Waals surface area contributed by atoms with E-state index in [9.17, 15) is 13.2 Å². The van der Waals surface area contributed by atoms with Crippen molar-refractivity contribution < 1.29 is 8.42 Å². The molecule has 0 aliphatic rings. The molecule has 10 nitrogen and oxygen atoms in total. The van der Waals surface area contributed by atoms with Gasteiger partial charge >= 0.3 is 0 Å². The molecule has 0 amide bonds. The van der Waals surface area contributed by atoms with Crippen molar-refractivity contribution in [3.05, 3.63) is 100 Å². The van der Waals surface area contributed by atoms with Gasteiger partial charge in [-0.15, -0.1) is 0 Å². The minimum Gasteiger partial charge on any atom is -0.368 e. The van der Waals surface area contributed by atoms with Crippen molar-refractivity contribution in [1.82, 2.24) is 19.5 Å². The molecule has 0 spiro atoms. The summed E-state index contributed by atoms with van der Waals surface area (Å²) in [6, 6.07) is 19.7. The average molecular weight is 548 g/mol. The van der Waals surface area contributed by atoms with E-state index in [0.29, 0.717) is 44.4 Å². The van der Waals surface area contributed by atoms with Crippen LogP contribution < -0.4 is 21.7 Å². The molecule has 5 rings (SSSR count). The molecule has 1 atom stereocenters. The topological polar surface area (TPSA) is 159 Å². The maximum Gasteiger partial charge on any atom is 0.267 e. The third-order valence-electron chi connectivity index (χ3n) is 5.91. The first-order chi connectivity index (χ1) is 18.1. The third kappa shape index (κ3) is 4.82. The summed E-state index contributed by atoms with van der Waals surface area (Å²) in [6.45, 7) is 1.82. The summed E-state index contributed by atoms with van der Waals surface area (Å²) in [4.78, 5) is 26.9. The van der Waals surface area contributed by atoms with Gasteiger partial charge in [0.1, 0.15) is 11.6 Å². The van der Waals surface area contributed by atoms with Gasteiger partial charge < -0.3 is 11.1 Å². The van der Waals surface area contributed by atoms with Crippen LogP contribution >= 0.6 is 11.6 Å². The van der Waals surface area contributed by atoms with Gasteiger partial charge in [-0.3, -0.25) is 9.36 Å². The Balaban J connectivity index is 1.66. The molecular weight excluding hydrogens is 526 g/mol. The smallest absolute Gasteiger partial charge is 0.267 e. The number of hydrogen-bond acceptors (Lipinski definition) is 8. The van der Waals surface area contributed by atoms with Crippen LogP contribution in [0.25, 0.3) is 27.7 Å². The summed E-state index contributed by atoms with van der Waals surface area (Å²) in [7, 11) is -3.93. The second-order valence-electron chi connectivity index (χ2n) is 8.51. The number of benzene rings is 3. The molecule has 0 aliphatic heterocycles. The zero-order chi connectivity index (χ0) is 27.0. The van der Waals surface area contributed by atoms with Crippen molar-refractivity contribution in [1.29, 1.82) is 0 Å². The van der Waals surface area contributed by atoms with Crippen LogP contribution in [0.5, 0.6) is 0 Å². The molecule has 0 unspecified atom stereocenters. The number of halogens is 1. The van der Waals surface area contributed by atoms with Gasteiger partial charge in [0, 0.05) is 11.8 Å². The molecule has 0 radical (unpaired) electrons. The lowest BCUT2D eigenvalue weighted by atomic mass is 10.1. The first-order valence-corrected chi connectivity index (χ1v) is 13.3. The van der Waals surface area contributed by atoms with Gasteiger partial charge in [-0.05, 0) is 48.9 Å². The molecule has 0 aliphatic carbocycles. The Bertz CT molecular complexity index is 1840. The normalized spacial score (nSPS) is 12.4. The van der Waals surface area contributed by atoms with E-state index in [4.69, 9.17) is 27.5 Å². The molecule has 0 saturated heterocycles. The van der Waals surface area contributed by atoms with Crippen LogP contribution in [0.4, 0.5) is 11.8 Å². The van der Waals surface area contributed by atoms with Crippen molar-refractivity contribution in [3.63, 3.8) is 0 Å². The van der Waals surface area contributed by atoms with Crippen LogP contribution in [0.1, 0.15) is 18.8 Å². The summed E-state index contributed by atoms with van der Waals surface area (Å²) in [5.74, 6) is 0.721. The van der Waals surface area contributed by atoms with Gasteiger partial charge in [0.25, 0.3) is 5.56 Å². The van der Waals surface area contributed by atoms with Crippen molar-refractivity contribution in [3.8, 4) is 16.8 Å². The maximum atomic E-state index is 13.7. The van der Waals surface area contributed by atoms with Gasteiger partial charge in [0.05, 0.1) is 32.6 Å². The zero-order valence-electron chi connectivity index (χ0n) is 20.0. The fourth-order valence-corrected chi connectivity index (χ4v) is 4.96. The van der Waals surface area contributed by atoms with Gasteiger partial charge in [0.2, 0.25) is 16.0 Å². The van der Waals surface area contributed by atoms with Crippen LogP contribution in [-0.2, 0) is 10.0 Å². The predicted octanol–water partition coefficient (Wildman–Crippen LogP) is 3.90. The second-order valence-corrected chi connectivity index (χ2v) is 10.5. The minimum atomic E-state index is -3.93. The molecule has 5 aromatic rings. The van der Waals surface area contributed by atoms with Crippen molar-refractivity contribution in [2.75, 3.05) is 11.1 Å². The van der Waals surface area contributed by atoms with Crippen molar-refractivity contribution in [2.45, 2.75) is 17.9 Å². The van der Waals surface area contributed by atoms with E-state index in [1.54, 1.807) is 42.5 Å². The number of aromatic nitrogens is 4. The Labute approximate surface area is 223 Å². The summed E-state index contributed by atoms with van der Waals surface area (Å²) in [5, 5.41) is 9.20. The van der Waals surface area contributed by atoms with E-state index in [1.165, 1.54) is 22.9 Å². The average Bonchev–Trinajstić information content (AvgIpc) is 2.88. The van der Waals surface area contributed by atoms with Crippen LogP contribution in [0.2, 0.25) is 5.02 Å². The summed E-state index contributed by atoms with van der Waals surface area (Å²) < 4.78 is 25.3. The highest BCUT2D eigenvalue weighted by Crippen LogP contribution is 2.31. The number of anilines is 2. The number of nitrogens with zero attached hydrogens (tertiary/aromatic N) is 4. The highest BCUT2D eigenvalue weighted by atomic mass is 35.5. The fraction of sp³-hybridized carbons (Fsp3) is 0.0769. The molecule has 3 aromatic carbocycles. The number of fused-ring (bicyclic) bond motifs is 1. The SMILES string of the molecule is C[C@H](Nc1nc(N)ncc1-c1cccc(S(N)(=O)=O)c1)c1nc2cccc(Cl)c2c(=O)n1-c1ccccc1. The van der Waals surface area contributed by atoms with E-state index < -0.39 is 16.1 Å². The summed E-state index contributed by atoms with van der Waals surface area (Å²) in [5.41, 5.74) is 7.61. The molecule has 2 heterocycles. The Morgan fingerprint density at radius 2 is 1.74 bits per heavy atom. The number of hydrogen-bond donors (Lipinski definition) is 3. The molecule has 5 N–H and O–H groups in total. The standard InChI is InChI=1S/C26H22ClN7O3S/c1-15(31-23-19(14-30-26(28)33-23)16-7-5-10-18(13-16)38(29,36)37)24-32-21-12-6-11-20(27)22(21)25(35)34(24)17-8-3-2-4-9-17/h2-15H,1H3,(H2,29,36,37)(H3,28,30,31,33)/t15-/m0/s1. The Hall–Kier alpha value is -4.32. The monoisotopic (exact) mass is 547 g/mol. The zero-order valence-corrected chi connectivity index (χ0v) is 21.6. The van der Waals surface area contributed by atoms with E-state index in [0.717, 1.165) is 0 Å². The lowest BCUT2D eigenvalue weighted by Gasteiger charge is -2.21. The van der Waals surface area contributed by atoms with Gasteiger partial charge in [-0.25, -0.2) is 23.5 Å². The Kier molecular flexibility index (Phi) is 6.57.